The molecular formula is C14H14FNO2. The summed E-state index contributed by atoms with van der Waals surface area (Å²) in [6.07, 6.45) is 0.413. The third-order valence-electron chi connectivity index (χ3n) is 2.56. The highest BCUT2D eigenvalue weighted by Gasteiger charge is 2.07. The third-order valence-corrected chi connectivity index (χ3v) is 2.56. The summed E-state index contributed by atoms with van der Waals surface area (Å²) in [5, 5.41) is 26.8. The Hall–Kier alpha value is -1.96. The monoisotopic (exact) mass is 247 g/mol. The number of allylic oxidation sites excluding steroid dienone is 2. The topological polar surface area (TPSA) is 64.2 Å². The molecule has 1 aromatic carbocycles. The fraction of sp³-hybridized carbons (Fsp3) is 0.214. The highest BCUT2D eigenvalue weighted by atomic mass is 19.1. The second kappa shape index (κ2) is 6.10. The van der Waals surface area contributed by atoms with Crippen LogP contribution in [0.2, 0.25) is 0 Å². The first-order valence-corrected chi connectivity index (χ1v) is 5.45. The minimum absolute atomic E-state index is 0.0339. The molecule has 0 aliphatic rings. The lowest BCUT2D eigenvalue weighted by Gasteiger charge is -2.09. The van der Waals surface area contributed by atoms with Gasteiger partial charge in [-0.1, -0.05) is 25.6 Å². The molecule has 1 aromatic rings. The largest absolute Gasteiger partial charge is 0.365 e. The Balaban J connectivity index is 3.06. The number of halogens is 1. The number of aliphatic hydroxyl groups is 2. The van der Waals surface area contributed by atoms with Crippen LogP contribution in [0.5, 0.6) is 0 Å². The smallest absolute Gasteiger partial charge is 0.174 e. The van der Waals surface area contributed by atoms with E-state index in [0.29, 0.717) is 23.1 Å². The maximum Gasteiger partial charge on any atom is 0.174 e. The molecule has 0 unspecified atom stereocenters. The molecule has 0 aromatic heterocycles. The predicted molar refractivity (Wildman–Crippen MR) is 66.7 cm³/mol. The van der Waals surface area contributed by atoms with E-state index in [1.807, 2.05) is 0 Å². The van der Waals surface area contributed by atoms with E-state index in [9.17, 15) is 4.39 Å². The minimum atomic E-state index is -1.55. The lowest BCUT2D eigenvalue weighted by molar-refractivity contribution is -0.00968. The normalized spacial score (nSPS) is 11.4. The highest BCUT2D eigenvalue weighted by molar-refractivity contribution is 5.73. The van der Waals surface area contributed by atoms with E-state index < -0.39 is 12.1 Å². The lowest BCUT2D eigenvalue weighted by atomic mass is 10.0. The highest BCUT2D eigenvalue weighted by Crippen LogP contribution is 2.20. The van der Waals surface area contributed by atoms with Gasteiger partial charge in [0.15, 0.2) is 6.29 Å². The minimum Gasteiger partial charge on any atom is -0.365 e. The van der Waals surface area contributed by atoms with Crippen LogP contribution in [0.15, 0.2) is 36.4 Å². The molecule has 0 fully saturated rings. The zero-order valence-corrected chi connectivity index (χ0v) is 10.0. The van der Waals surface area contributed by atoms with E-state index in [2.05, 4.69) is 6.58 Å². The molecule has 2 N–H and O–H groups in total. The van der Waals surface area contributed by atoms with Crippen molar-refractivity contribution in [2.45, 2.75) is 19.6 Å². The third kappa shape index (κ3) is 3.27. The van der Waals surface area contributed by atoms with Crippen LogP contribution in [0.3, 0.4) is 0 Å². The van der Waals surface area contributed by atoms with Crippen molar-refractivity contribution in [1.82, 2.24) is 0 Å². The molecule has 0 saturated heterocycles. The Morgan fingerprint density at radius 2 is 2.22 bits per heavy atom. The summed E-state index contributed by atoms with van der Waals surface area (Å²) in [6.45, 7) is 5.52. The maximum absolute atomic E-state index is 13.4. The van der Waals surface area contributed by atoms with Crippen LogP contribution < -0.4 is 0 Å². The van der Waals surface area contributed by atoms with Crippen LogP contribution in [-0.4, -0.2) is 16.5 Å². The molecule has 0 aliphatic carbocycles. The van der Waals surface area contributed by atoms with Crippen LogP contribution in [0, 0.1) is 17.1 Å². The van der Waals surface area contributed by atoms with Crippen LogP contribution >= 0.6 is 0 Å². The number of nitrogens with zero attached hydrogens (tertiary/aromatic N) is 1. The molecule has 18 heavy (non-hydrogen) atoms. The maximum atomic E-state index is 13.4. The molecule has 94 valence electrons. The number of hydrogen-bond acceptors (Lipinski definition) is 3. The zero-order chi connectivity index (χ0) is 13.7. The molecule has 0 saturated carbocycles. The van der Waals surface area contributed by atoms with E-state index in [1.165, 1.54) is 18.2 Å². The van der Waals surface area contributed by atoms with Crippen molar-refractivity contribution in [3.63, 3.8) is 0 Å². The van der Waals surface area contributed by atoms with Crippen molar-refractivity contribution in [3.8, 4) is 6.07 Å². The first kappa shape index (κ1) is 14.1. The second-order valence-corrected chi connectivity index (χ2v) is 3.78. The Morgan fingerprint density at radius 1 is 1.56 bits per heavy atom. The van der Waals surface area contributed by atoms with E-state index in [0.717, 1.165) is 0 Å². The summed E-state index contributed by atoms with van der Waals surface area (Å²) in [7, 11) is 0. The van der Waals surface area contributed by atoms with Crippen molar-refractivity contribution in [2.75, 3.05) is 0 Å². The molecule has 0 spiro atoms. The summed E-state index contributed by atoms with van der Waals surface area (Å²) in [5.41, 5.74) is 1.32. The fourth-order valence-corrected chi connectivity index (χ4v) is 1.47. The van der Waals surface area contributed by atoms with Gasteiger partial charge in [0.1, 0.15) is 11.9 Å². The molecule has 0 radical (unpaired) electrons. The molecule has 0 atom stereocenters. The zero-order valence-electron chi connectivity index (χ0n) is 10.0. The van der Waals surface area contributed by atoms with Crippen molar-refractivity contribution in [3.05, 3.63) is 53.4 Å². The first-order chi connectivity index (χ1) is 8.49. The summed E-state index contributed by atoms with van der Waals surface area (Å²) < 4.78 is 13.4. The van der Waals surface area contributed by atoms with E-state index in [-0.39, 0.29) is 5.56 Å². The van der Waals surface area contributed by atoms with Gasteiger partial charge in [0, 0.05) is 0 Å². The predicted octanol–water partition coefficient (Wildman–Crippen LogP) is 2.36. The summed E-state index contributed by atoms with van der Waals surface area (Å²) in [4.78, 5) is 0. The Labute approximate surface area is 105 Å². The van der Waals surface area contributed by atoms with Gasteiger partial charge in [0.05, 0.1) is 5.56 Å². The van der Waals surface area contributed by atoms with Crippen LogP contribution in [0.25, 0.3) is 5.57 Å². The average molecular weight is 247 g/mol. The summed E-state index contributed by atoms with van der Waals surface area (Å²) >= 11 is 0. The number of rotatable bonds is 4. The van der Waals surface area contributed by atoms with Crippen LogP contribution in [0.1, 0.15) is 24.5 Å². The van der Waals surface area contributed by atoms with Crippen LogP contribution in [0.4, 0.5) is 4.39 Å². The lowest BCUT2D eigenvalue weighted by Crippen LogP contribution is -2.07. The SMILES string of the molecule is C=C(/C=C(\CC)C(O)O)c1ccc(C#N)c(F)c1. The van der Waals surface area contributed by atoms with E-state index in [4.69, 9.17) is 15.5 Å². The molecule has 0 amide bonds. The van der Waals surface area contributed by atoms with E-state index in [1.54, 1.807) is 19.1 Å². The molecular weight excluding hydrogens is 233 g/mol. The van der Waals surface area contributed by atoms with Gasteiger partial charge >= 0.3 is 0 Å². The second-order valence-electron chi connectivity index (χ2n) is 3.78. The van der Waals surface area contributed by atoms with Crippen molar-refractivity contribution in [2.24, 2.45) is 0 Å². The fourth-order valence-electron chi connectivity index (χ4n) is 1.47. The van der Waals surface area contributed by atoms with Gasteiger partial charge in [0.25, 0.3) is 0 Å². The van der Waals surface area contributed by atoms with Gasteiger partial charge in [-0.25, -0.2) is 4.39 Å². The van der Waals surface area contributed by atoms with Crippen molar-refractivity contribution in [1.29, 1.82) is 5.26 Å². The number of hydrogen-bond donors (Lipinski definition) is 2. The van der Waals surface area contributed by atoms with Gasteiger partial charge in [-0.15, -0.1) is 0 Å². The molecule has 0 aliphatic heterocycles. The van der Waals surface area contributed by atoms with Crippen molar-refractivity contribution < 1.29 is 14.6 Å². The van der Waals surface area contributed by atoms with Crippen LogP contribution in [-0.2, 0) is 0 Å². The first-order valence-electron chi connectivity index (χ1n) is 5.45. The standard InChI is InChI=1S/C14H14FNO2/c1-3-10(14(17)18)6-9(2)11-4-5-12(8-16)13(15)7-11/h4-7,14,17-18H,2-3H2,1H3/b10-6+. The Bertz CT molecular complexity index is 527. The van der Waals surface area contributed by atoms with Gasteiger partial charge in [0.2, 0.25) is 0 Å². The Kier molecular flexibility index (Phi) is 4.78. The molecule has 0 bridgehead atoms. The van der Waals surface area contributed by atoms with E-state index >= 15 is 0 Å². The molecule has 4 heteroatoms. The average Bonchev–Trinajstić information content (AvgIpc) is 2.35. The number of benzene rings is 1. The van der Waals surface area contributed by atoms with Crippen molar-refractivity contribution >= 4 is 5.57 Å². The Morgan fingerprint density at radius 3 is 2.67 bits per heavy atom. The number of aliphatic hydroxyl groups excluding tert-OH is 1. The van der Waals surface area contributed by atoms with Gasteiger partial charge < -0.3 is 10.2 Å². The number of nitriles is 1. The summed E-state index contributed by atoms with van der Waals surface area (Å²) in [6, 6.07) is 5.87. The molecule has 1 rings (SSSR count). The quantitative estimate of drug-likeness (QED) is 0.634. The van der Waals surface area contributed by atoms with Gasteiger partial charge in [-0.3, -0.25) is 0 Å². The molecule has 3 nitrogen and oxygen atoms in total. The van der Waals surface area contributed by atoms with Gasteiger partial charge in [-0.2, -0.15) is 5.26 Å². The molecule has 0 heterocycles. The summed E-state index contributed by atoms with van der Waals surface area (Å²) in [5.74, 6) is -0.618. The van der Waals surface area contributed by atoms with Gasteiger partial charge in [-0.05, 0) is 35.3 Å².